The van der Waals surface area contributed by atoms with Gasteiger partial charge < -0.3 is 9.32 Å². The summed E-state index contributed by atoms with van der Waals surface area (Å²) in [6.45, 7) is 0. The average Bonchev–Trinajstić information content (AvgIpc) is 3.19. The van der Waals surface area contributed by atoms with Crippen molar-refractivity contribution in [2.45, 2.75) is 18.1 Å². The van der Waals surface area contributed by atoms with Crippen molar-refractivity contribution < 1.29 is 17.6 Å². The zero-order valence-electron chi connectivity index (χ0n) is 13.8. The minimum Gasteiger partial charge on any atom is -0.416 e. The van der Waals surface area contributed by atoms with Gasteiger partial charge in [-0.1, -0.05) is 30.0 Å². The molecule has 134 valence electrons. The molecule has 9 heteroatoms. The number of carbonyl (C=O) groups excluding carboxylic acids is 1. The molecular formula is C16H19N3O4S2. The maximum Gasteiger partial charge on any atom is 0.277 e. The molecule has 1 atom stereocenters. The summed E-state index contributed by atoms with van der Waals surface area (Å²) in [6.07, 6.45) is 1.10. The summed E-state index contributed by atoms with van der Waals surface area (Å²) in [5.74, 6) is 0.983. The van der Waals surface area contributed by atoms with Crippen molar-refractivity contribution in [2.24, 2.45) is 5.92 Å². The van der Waals surface area contributed by atoms with E-state index >= 15 is 0 Å². The number of aromatic nitrogens is 2. The van der Waals surface area contributed by atoms with Crippen LogP contribution in [0.4, 0.5) is 5.69 Å². The van der Waals surface area contributed by atoms with E-state index in [0.29, 0.717) is 24.0 Å². The van der Waals surface area contributed by atoms with Gasteiger partial charge in [0, 0.05) is 19.2 Å². The third-order valence-corrected chi connectivity index (χ3v) is 6.72. The zero-order chi connectivity index (χ0) is 17.9. The van der Waals surface area contributed by atoms with Gasteiger partial charge in [0.25, 0.3) is 5.22 Å². The maximum absolute atomic E-state index is 12.2. The normalized spacial score (nSPS) is 19.0. The summed E-state index contributed by atoms with van der Waals surface area (Å²) in [5, 5.41) is 8.20. The van der Waals surface area contributed by atoms with E-state index in [1.807, 2.05) is 30.3 Å². The summed E-state index contributed by atoms with van der Waals surface area (Å²) < 4.78 is 28.5. The van der Waals surface area contributed by atoms with Gasteiger partial charge in [0.05, 0.1) is 17.3 Å². The van der Waals surface area contributed by atoms with Crippen LogP contribution in [0, 0.1) is 5.92 Å². The van der Waals surface area contributed by atoms with Crippen molar-refractivity contribution in [3.63, 3.8) is 0 Å². The number of hydrogen-bond donors (Lipinski definition) is 0. The van der Waals surface area contributed by atoms with Crippen molar-refractivity contribution in [2.75, 3.05) is 29.2 Å². The van der Waals surface area contributed by atoms with Gasteiger partial charge in [-0.2, -0.15) is 0 Å². The zero-order valence-corrected chi connectivity index (χ0v) is 15.4. The Hall–Kier alpha value is -1.87. The number of sulfone groups is 1. The van der Waals surface area contributed by atoms with Crippen molar-refractivity contribution in [1.82, 2.24) is 10.2 Å². The lowest BCUT2D eigenvalue weighted by Gasteiger charge is -2.16. The third-order valence-electron chi connectivity index (χ3n) is 4.08. The first kappa shape index (κ1) is 17.9. The highest BCUT2D eigenvalue weighted by molar-refractivity contribution is 7.99. The number of anilines is 1. The number of hydrogen-bond acceptors (Lipinski definition) is 7. The predicted octanol–water partition coefficient (Wildman–Crippen LogP) is 1.80. The number of para-hydroxylation sites is 1. The van der Waals surface area contributed by atoms with Gasteiger partial charge in [-0.3, -0.25) is 4.79 Å². The van der Waals surface area contributed by atoms with Gasteiger partial charge in [0.15, 0.2) is 9.84 Å². The van der Waals surface area contributed by atoms with Crippen molar-refractivity contribution >= 4 is 33.2 Å². The van der Waals surface area contributed by atoms with Crippen LogP contribution in [0.2, 0.25) is 0 Å². The van der Waals surface area contributed by atoms with Crippen LogP contribution >= 0.6 is 11.8 Å². The molecular weight excluding hydrogens is 362 g/mol. The molecule has 2 heterocycles. The fourth-order valence-corrected chi connectivity index (χ4v) is 5.23. The van der Waals surface area contributed by atoms with Gasteiger partial charge in [-0.25, -0.2) is 8.42 Å². The molecule has 1 aromatic heterocycles. The topological polar surface area (TPSA) is 93.4 Å². The van der Waals surface area contributed by atoms with E-state index in [-0.39, 0.29) is 29.1 Å². The summed E-state index contributed by atoms with van der Waals surface area (Å²) in [7, 11) is -1.19. The fourth-order valence-electron chi connectivity index (χ4n) is 2.67. The number of amides is 1. The predicted molar refractivity (Wildman–Crippen MR) is 95.3 cm³/mol. The monoisotopic (exact) mass is 381 g/mol. The van der Waals surface area contributed by atoms with Crippen LogP contribution < -0.4 is 4.90 Å². The second-order valence-electron chi connectivity index (χ2n) is 6.01. The van der Waals surface area contributed by atoms with Crippen LogP contribution in [0.25, 0.3) is 0 Å². The van der Waals surface area contributed by atoms with Crippen LogP contribution in [-0.4, -0.2) is 48.8 Å². The highest BCUT2D eigenvalue weighted by Gasteiger charge is 2.29. The van der Waals surface area contributed by atoms with Gasteiger partial charge in [-0.15, -0.1) is 10.2 Å². The van der Waals surface area contributed by atoms with Crippen molar-refractivity contribution in [3.8, 4) is 0 Å². The molecule has 0 spiro atoms. The smallest absolute Gasteiger partial charge is 0.277 e. The van der Waals surface area contributed by atoms with Gasteiger partial charge >= 0.3 is 0 Å². The molecule has 1 fully saturated rings. The quantitative estimate of drug-likeness (QED) is 0.704. The Morgan fingerprint density at radius 2 is 2.08 bits per heavy atom. The second kappa shape index (κ2) is 7.57. The van der Waals surface area contributed by atoms with E-state index in [4.69, 9.17) is 4.42 Å². The molecule has 1 saturated heterocycles. The fraction of sp³-hybridized carbons (Fsp3) is 0.438. The molecule has 0 bridgehead atoms. The third kappa shape index (κ3) is 4.82. The molecule has 0 unspecified atom stereocenters. The van der Waals surface area contributed by atoms with Gasteiger partial charge in [0.2, 0.25) is 11.8 Å². The molecule has 3 rings (SSSR count). The average molecular weight is 381 g/mol. The molecule has 0 aliphatic carbocycles. The second-order valence-corrected chi connectivity index (χ2v) is 9.17. The van der Waals surface area contributed by atoms with E-state index in [1.54, 1.807) is 11.9 Å². The highest BCUT2D eigenvalue weighted by Crippen LogP contribution is 2.24. The summed E-state index contributed by atoms with van der Waals surface area (Å²) in [5.41, 5.74) is 0.821. The minimum absolute atomic E-state index is 0.0362. The Labute approximate surface area is 150 Å². The lowest BCUT2D eigenvalue weighted by molar-refractivity contribution is -0.115. The van der Waals surface area contributed by atoms with E-state index in [1.165, 1.54) is 11.8 Å². The summed E-state index contributed by atoms with van der Waals surface area (Å²) >= 11 is 1.18. The van der Waals surface area contributed by atoms with Crippen molar-refractivity contribution in [3.05, 3.63) is 36.2 Å². The molecule has 1 aliphatic rings. The van der Waals surface area contributed by atoms with Crippen LogP contribution in [0.3, 0.4) is 0 Å². The number of benzene rings is 1. The lowest BCUT2D eigenvalue weighted by atomic mass is 10.1. The molecule has 1 aliphatic heterocycles. The Bertz CT molecular complexity index is 836. The van der Waals surface area contributed by atoms with E-state index in [9.17, 15) is 13.2 Å². The molecule has 1 aromatic carbocycles. The standard InChI is InChI=1S/C16H19N3O4S2/c1-19(13-5-3-2-4-6-13)15(20)10-24-16-18-17-14(23-16)9-12-7-8-25(21,22)11-12/h2-6,12H,7-11H2,1H3/t12-/m0/s1. The van der Waals surface area contributed by atoms with Crippen LogP contribution in [0.1, 0.15) is 12.3 Å². The Morgan fingerprint density at radius 1 is 1.32 bits per heavy atom. The molecule has 0 radical (unpaired) electrons. The van der Waals surface area contributed by atoms with Crippen molar-refractivity contribution in [1.29, 1.82) is 0 Å². The summed E-state index contributed by atoms with van der Waals surface area (Å²) in [4.78, 5) is 13.8. The molecule has 25 heavy (non-hydrogen) atoms. The molecule has 1 amide bonds. The first-order valence-electron chi connectivity index (χ1n) is 7.90. The molecule has 0 saturated carbocycles. The Morgan fingerprint density at radius 3 is 2.76 bits per heavy atom. The van der Waals surface area contributed by atoms with Crippen LogP contribution in [0.15, 0.2) is 40.0 Å². The minimum atomic E-state index is -2.91. The largest absolute Gasteiger partial charge is 0.416 e. The number of rotatable bonds is 6. The Kier molecular flexibility index (Phi) is 5.43. The highest BCUT2D eigenvalue weighted by atomic mass is 32.2. The molecule has 7 nitrogen and oxygen atoms in total. The van der Waals surface area contributed by atoms with Crippen LogP contribution in [-0.2, 0) is 21.1 Å². The number of thioether (sulfide) groups is 1. The number of nitrogens with zero attached hydrogens (tertiary/aromatic N) is 3. The number of carbonyl (C=O) groups is 1. The molecule has 0 N–H and O–H groups in total. The Balaban J connectivity index is 1.51. The first-order valence-corrected chi connectivity index (χ1v) is 10.7. The lowest BCUT2D eigenvalue weighted by Crippen LogP contribution is -2.27. The van der Waals surface area contributed by atoms with Crippen LogP contribution in [0.5, 0.6) is 0 Å². The van der Waals surface area contributed by atoms with Gasteiger partial charge in [0.1, 0.15) is 0 Å². The maximum atomic E-state index is 12.2. The van der Waals surface area contributed by atoms with E-state index in [0.717, 1.165) is 5.69 Å². The van der Waals surface area contributed by atoms with E-state index < -0.39 is 9.84 Å². The first-order chi connectivity index (χ1) is 11.9. The SMILES string of the molecule is CN(C(=O)CSc1nnc(C[C@@H]2CCS(=O)(=O)C2)o1)c1ccccc1. The van der Waals surface area contributed by atoms with Gasteiger partial charge in [-0.05, 0) is 24.5 Å². The summed E-state index contributed by atoms with van der Waals surface area (Å²) in [6, 6.07) is 9.37. The van der Waals surface area contributed by atoms with E-state index in [2.05, 4.69) is 10.2 Å². The molecule has 2 aromatic rings.